The highest BCUT2D eigenvalue weighted by molar-refractivity contribution is 5.68. The van der Waals surface area contributed by atoms with Crippen LogP contribution in [0.3, 0.4) is 0 Å². The summed E-state index contributed by atoms with van der Waals surface area (Å²) in [4.78, 5) is 49.5. The Labute approximate surface area is 126 Å². The zero-order valence-electron chi connectivity index (χ0n) is 11.5. The van der Waals surface area contributed by atoms with Crippen molar-refractivity contribution in [2.45, 2.75) is 0 Å². The lowest BCUT2D eigenvalue weighted by Gasteiger charge is -1.95. The van der Waals surface area contributed by atoms with Crippen molar-refractivity contribution in [1.82, 2.24) is 39.9 Å². The fraction of sp³-hybridized carbons (Fsp3) is 0. The Balaban J connectivity index is 0.000000140. The van der Waals surface area contributed by atoms with E-state index in [0.717, 1.165) is 11.7 Å². The maximum Gasteiger partial charge on any atom is 0.278 e. The van der Waals surface area contributed by atoms with Gasteiger partial charge in [0.25, 0.3) is 11.1 Å². The maximum atomic E-state index is 11.2. The molecule has 4 aromatic rings. The van der Waals surface area contributed by atoms with Crippen molar-refractivity contribution in [3.8, 4) is 0 Å². The molecular weight excluding hydrogens is 302 g/mol. The molecule has 23 heavy (non-hydrogen) atoms. The van der Waals surface area contributed by atoms with E-state index in [1.165, 1.54) is 6.33 Å². The summed E-state index contributed by atoms with van der Waals surface area (Å²) in [6.07, 6.45) is 7.35. The van der Waals surface area contributed by atoms with Crippen molar-refractivity contribution < 1.29 is 0 Å². The van der Waals surface area contributed by atoms with Gasteiger partial charge in [-0.3, -0.25) is 14.6 Å². The second-order valence-electron chi connectivity index (χ2n) is 4.19. The van der Waals surface area contributed by atoms with Crippen LogP contribution in [-0.4, -0.2) is 39.9 Å². The van der Waals surface area contributed by atoms with Gasteiger partial charge < -0.3 is 10.7 Å². The summed E-state index contributed by atoms with van der Waals surface area (Å²) >= 11 is 0. The van der Waals surface area contributed by atoms with Gasteiger partial charge in [0.2, 0.25) is 5.95 Å². The Morgan fingerprint density at radius 1 is 0.913 bits per heavy atom. The molecule has 114 valence electrons. The molecule has 0 aliphatic rings. The highest BCUT2D eigenvalue weighted by Gasteiger charge is 2.02. The van der Waals surface area contributed by atoms with Crippen LogP contribution in [0.25, 0.3) is 22.3 Å². The van der Waals surface area contributed by atoms with Crippen molar-refractivity contribution >= 4 is 28.3 Å². The normalized spacial score (nSPS) is 10.3. The second kappa shape index (κ2) is 5.93. The van der Waals surface area contributed by atoms with E-state index in [9.17, 15) is 9.59 Å². The molecule has 4 heterocycles. The van der Waals surface area contributed by atoms with Gasteiger partial charge >= 0.3 is 0 Å². The lowest BCUT2D eigenvalue weighted by atomic mass is 10.5. The molecule has 0 saturated carbocycles. The van der Waals surface area contributed by atoms with Crippen molar-refractivity contribution in [2.24, 2.45) is 0 Å². The third kappa shape index (κ3) is 3.12. The van der Waals surface area contributed by atoms with E-state index in [1.54, 1.807) is 18.6 Å². The summed E-state index contributed by atoms with van der Waals surface area (Å²) in [5.41, 5.74) is 5.82. The van der Waals surface area contributed by atoms with Crippen LogP contribution in [0.15, 0.2) is 40.7 Å². The number of nitrogens with zero attached hydrogens (tertiary/aromatic N) is 6. The maximum absolute atomic E-state index is 11.2. The molecule has 11 nitrogen and oxygen atoms in total. The van der Waals surface area contributed by atoms with E-state index in [4.69, 9.17) is 5.73 Å². The first-order chi connectivity index (χ1) is 11.1. The number of aromatic nitrogens is 8. The quantitative estimate of drug-likeness (QED) is 0.369. The number of nitrogen functional groups attached to an aromatic ring is 1. The highest BCUT2D eigenvalue weighted by atomic mass is 16.1. The van der Waals surface area contributed by atoms with Crippen molar-refractivity contribution in [2.75, 3.05) is 5.73 Å². The summed E-state index contributed by atoms with van der Waals surface area (Å²) in [6.45, 7) is 0. The number of aromatic amines is 2. The van der Waals surface area contributed by atoms with Crippen LogP contribution >= 0.6 is 0 Å². The fourth-order valence-corrected chi connectivity index (χ4v) is 1.68. The average molecular weight is 311 g/mol. The van der Waals surface area contributed by atoms with Crippen LogP contribution in [0.2, 0.25) is 0 Å². The molecular formula is C12H9N9O2. The summed E-state index contributed by atoms with van der Waals surface area (Å²) in [7, 11) is 0. The number of rotatable bonds is 0. The first kappa shape index (κ1) is 14.2. The molecule has 0 radical (unpaired) electrons. The van der Waals surface area contributed by atoms with Gasteiger partial charge in [-0.05, 0) is 0 Å². The molecule has 0 fully saturated rings. The molecule has 11 heteroatoms. The third-order valence-electron chi connectivity index (χ3n) is 2.62. The fourth-order valence-electron chi connectivity index (χ4n) is 1.68. The summed E-state index contributed by atoms with van der Waals surface area (Å²) in [5, 5.41) is 0. The van der Waals surface area contributed by atoms with E-state index in [1.807, 2.05) is 0 Å². The number of hydrogen-bond donors (Lipinski definition) is 3. The van der Waals surface area contributed by atoms with E-state index in [0.29, 0.717) is 5.65 Å². The smallest absolute Gasteiger partial charge is 0.278 e. The Bertz CT molecular complexity index is 1020. The largest absolute Gasteiger partial charge is 0.369 e. The summed E-state index contributed by atoms with van der Waals surface area (Å²) in [6, 6.07) is 0. The molecule has 0 atom stereocenters. The van der Waals surface area contributed by atoms with Crippen LogP contribution in [0.1, 0.15) is 0 Å². The van der Waals surface area contributed by atoms with Crippen molar-refractivity contribution in [1.29, 1.82) is 0 Å². The second-order valence-corrected chi connectivity index (χ2v) is 4.19. The van der Waals surface area contributed by atoms with Crippen molar-refractivity contribution in [3.05, 3.63) is 51.8 Å². The number of nitrogens with one attached hydrogen (secondary N) is 2. The van der Waals surface area contributed by atoms with Gasteiger partial charge in [0.05, 0.1) is 12.4 Å². The molecule has 0 spiro atoms. The van der Waals surface area contributed by atoms with Crippen molar-refractivity contribution in [3.63, 3.8) is 0 Å². The molecule has 0 bridgehead atoms. The number of anilines is 1. The molecule has 0 saturated heterocycles. The monoisotopic (exact) mass is 311 g/mol. The average Bonchev–Trinajstić information content (AvgIpc) is 2.56. The SMILES string of the molecule is Nc1nc2ncc(=O)[nH]c2c(=O)[nH]1.c1cnc2ncncc2n1. The van der Waals surface area contributed by atoms with Gasteiger partial charge in [0.15, 0.2) is 16.8 Å². The Kier molecular flexibility index (Phi) is 3.66. The lowest BCUT2D eigenvalue weighted by molar-refractivity contribution is 1.10. The van der Waals surface area contributed by atoms with Crippen LogP contribution in [-0.2, 0) is 0 Å². The zero-order valence-corrected chi connectivity index (χ0v) is 11.5. The Morgan fingerprint density at radius 2 is 1.74 bits per heavy atom. The van der Waals surface area contributed by atoms with Gasteiger partial charge in [-0.2, -0.15) is 4.98 Å². The Morgan fingerprint density at radius 3 is 2.57 bits per heavy atom. The minimum absolute atomic E-state index is 0.0294. The van der Waals surface area contributed by atoms with Gasteiger partial charge in [0, 0.05) is 12.4 Å². The third-order valence-corrected chi connectivity index (χ3v) is 2.62. The highest BCUT2D eigenvalue weighted by Crippen LogP contribution is 1.98. The molecule has 0 aromatic carbocycles. The predicted octanol–water partition coefficient (Wildman–Crippen LogP) is -0.992. The van der Waals surface area contributed by atoms with Gasteiger partial charge in [-0.25, -0.2) is 24.9 Å². The van der Waals surface area contributed by atoms with E-state index < -0.39 is 11.1 Å². The van der Waals surface area contributed by atoms with E-state index in [-0.39, 0.29) is 17.1 Å². The number of fused-ring (bicyclic) bond motifs is 2. The van der Waals surface area contributed by atoms with E-state index >= 15 is 0 Å². The number of nitrogens with two attached hydrogens (primary N) is 1. The van der Waals surface area contributed by atoms with Crippen LogP contribution < -0.4 is 16.9 Å². The predicted molar refractivity (Wildman–Crippen MR) is 80.3 cm³/mol. The van der Waals surface area contributed by atoms with Crippen LogP contribution in [0, 0.1) is 0 Å². The molecule has 0 aliphatic carbocycles. The van der Waals surface area contributed by atoms with E-state index in [2.05, 4.69) is 39.9 Å². The van der Waals surface area contributed by atoms with Crippen LogP contribution in [0.5, 0.6) is 0 Å². The molecule has 0 aliphatic heterocycles. The molecule has 0 unspecified atom stereocenters. The van der Waals surface area contributed by atoms with Crippen LogP contribution in [0.4, 0.5) is 5.95 Å². The number of H-pyrrole nitrogens is 2. The minimum Gasteiger partial charge on any atom is -0.369 e. The molecule has 4 rings (SSSR count). The minimum atomic E-state index is -0.507. The molecule has 4 N–H and O–H groups in total. The lowest BCUT2D eigenvalue weighted by Crippen LogP contribution is -2.17. The number of hydrogen-bond acceptors (Lipinski definition) is 9. The van der Waals surface area contributed by atoms with Gasteiger partial charge in [-0.15, -0.1) is 0 Å². The Hall–Kier alpha value is -3.76. The summed E-state index contributed by atoms with van der Waals surface area (Å²) in [5.74, 6) is -0.0305. The summed E-state index contributed by atoms with van der Waals surface area (Å²) < 4.78 is 0. The topological polar surface area (TPSA) is 169 Å². The molecule has 4 aromatic heterocycles. The molecule has 0 amide bonds. The zero-order chi connectivity index (χ0) is 16.2. The standard InChI is InChI=1S/C6H5N5O2.C6H4N4/c7-6-10-4-3(5(13)11-6)9-2(12)1-8-4;1-2-9-6-5(8-1)3-7-4-10-6/h1H,(H,9,12)(H3,7,8,10,11,13);1-4H. The first-order valence-electron chi connectivity index (χ1n) is 6.25. The van der Waals surface area contributed by atoms with Gasteiger partial charge in [-0.1, -0.05) is 0 Å². The first-order valence-corrected chi connectivity index (χ1v) is 6.25. The van der Waals surface area contributed by atoms with Gasteiger partial charge in [0.1, 0.15) is 11.8 Å².